The highest BCUT2D eigenvalue weighted by molar-refractivity contribution is 7.15. The van der Waals surface area contributed by atoms with Gasteiger partial charge in [-0.2, -0.15) is 0 Å². The summed E-state index contributed by atoms with van der Waals surface area (Å²) in [5.41, 5.74) is 5.96. The maximum absolute atomic E-state index is 5.89. The van der Waals surface area contributed by atoms with E-state index in [0.717, 1.165) is 68.0 Å². The lowest BCUT2D eigenvalue weighted by Crippen LogP contribution is -2.47. The summed E-state index contributed by atoms with van der Waals surface area (Å²) in [5.74, 6) is 2.76. The van der Waals surface area contributed by atoms with E-state index in [2.05, 4.69) is 69.6 Å². The fourth-order valence-corrected chi connectivity index (χ4v) is 6.56. The van der Waals surface area contributed by atoms with E-state index in [-0.39, 0.29) is 6.04 Å². The summed E-state index contributed by atoms with van der Waals surface area (Å²) in [6, 6.07) is 19.0. The number of ether oxygens (including phenoxy) is 1. The first kappa shape index (κ1) is 24.8. The lowest BCUT2D eigenvalue weighted by atomic mass is 9.99. The molecule has 0 bridgehead atoms. The molecule has 0 radical (unpaired) electrons. The van der Waals surface area contributed by atoms with Crippen LogP contribution in [0.1, 0.15) is 46.2 Å². The van der Waals surface area contributed by atoms with Crippen LogP contribution < -0.4 is 9.64 Å². The summed E-state index contributed by atoms with van der Waals surface area (Å²) in [4.78, 5) is 11.5. The number of aliphatic imine (C=N–C) groups is 1. The van der Waals surface area contributed by atoms with Crippen molar-refractivity contribution in [3.8, 4) is 10.8 Å². The summed E-state index contributed by atoms with van der Waals surface area (Å²) < 4.78 is 8.08. The topological polar surface area (TPSA) is 58.8 Å². The van der Waals surface area contributed by atoms with E-state index in [1.807, 2.05) is 37.3 Å². The van der Waals surface area contributed by atoms with Crippen molar-refractivity contribution in [2.45, 2.75) is 33.7 Å². The first-order chi connectivity index (χ1) is 18.5. The van der Waals surface area contributed by atoms with Crippen molar-refractivity contribution in [1.29, 1.82) is 0 Å². The number of nitrogens with zero attached hydrogens (tertiary/aromatic N) is 6. The molecule has 2 aromatic heterocycles. The molecule has 8 heteroatoms. The van der Waals surface area contributed by atoms with E-state index in [1.165, 1.54) is 26.7 Å². The van der Waals surface area contributed by atoms with Crippen LogP contribution in [0.15, 0.2) is 59.6 Å². The van der Waals surface area contributed by atoms with Crippen molar-refractivity contribution in [3.05, 3.63) is 87.8 Å². The molecule has 7 nitrogen and oxygen atoms in total. The zero-order valence-electron chi connectivity index (χ0n) is 22.5. The van der Waals surface area contributed by atoms with E-state index in [0.29, 0.717) is 0 Å². The van der Waals surface area contributed by atoms with Gasteiger partial charge in [-0.05, 0) is 57.5 Å². The van der Waals surface area contributed by atoms with Gasteiger partial charge in [-0.15, -0.1) is 21.5 Å². The SMILES string of the molecule is Cc1sc2c(c1C)C(c1ccc(N3CCN(CCOc4ccccc4)CC3)cc1)=N[C@@H](C)c1nnc(C)n1-2. The van der Waals surface area contributed by atoms with Crippen LogP contribution in [0.4, 0.5) is 5.69 Å². The Morgan fingerprint density at radius 1 is 0.921 bits per heavy atom. The third-order valence-corrected chi connectivity index (χ3v) is 8.84. The first-order valence-electron chi connectivity index (χ1n) is 13.4. The highest BCUT2D eigenvalue weighted by Gasteiger charge is 2.29. The number of aromatic nitrogens is 3. The van der Waals surface area contributed by atoms with Gasteiger partial charge in [0.15, 0.2) is 5.82 Å². The lowest BCUT2D eigenvalue weighted by molar-refractivity contribution is 0.200. The molecule has 4 aromatic rings. The Kier molecular flexibility index (Phi) is 6.76. The molecule has 38 heavy (non-hydrogen) atoms. The number of piperazine rings is 1. The summed E-state index contributed by atoms with van der Waals surface area (Å²) in [7, 11) is 0. The molecule has 1 fully saturated rings. The second-order valence-corrected chi connectivity index (χ2v) is 11.3. The predicted octanol–water partition coefficient (Wildman–Crippen LogP) is 5.37. The van der Waals surface area contributed by atoms with Crippen molar-refractivity contribution in [2.24, 2.45) is 4.99 Å². The Balaban J connectivity index is 1.15. The maximum Gasteiger partial charge on any atom is 0.162 e. The van der Waals surface area contributed by atoms with E-state index >= 15 is 0 Å². The number of anilines is 1. The first-order valence-corrected chi connectivity index (χ1v) is 14.2. The van der Waals surface area contributed by atoms with E-state index < -0.39 is 0 Å². The van der Waals surface area contributed by atoms with Crippen molar-refractivity contribution in [1.82, 2.24) is 19.7 Å². The molecule has 0 aliphatic carbocycles. The van der Waals surface area contributed by atoms with Crippen molar-refractivity contribution in [3.63, 3.8) is 0 Å². The minimum atomic E-state index is -0.0656. The number of hydrogen-bond donors (Lipinski definition) is 0. The van der Waals surface area contributed by atoms with Gasteiger partial charge in [0.1, 0.15) is 29.2 Å². The molecule has 0 spiro atoms. The van der Waals surface area contributed by atoms with Crippen LogP contribution in [0.25, 0.3) is 5.00 Å². The van der Waals surface area contributed by atoms with Crippen LogP contribution in [-0.2, 0) is 0 Å². The second-order valence-electron chi connectivity index (χ2n) is 10.1. The van der Waals surface area contributed by atoms with Gasteiger partial charge >= 0.3 is 0 Å². The van der Waals surface area contributed by atoms with Gasteiger partial charge in [0.2, 0.25) is 0 Å². The van der Waals surface area contributed by atoms with Crippen LogP contribution >= 0.6 is 11.3 Å². The second kappa shape index (κ2) is 10.3. The lowest BCUT2D eigenvalue weighted by Gasteiger charge is -2.36. The van der Waals surface area contributed by atoms with Crippen molar-refractivity contribution in [2.75, 3.05) is 44.2 Å². The Labute approximate surface area is 228 Å². The number of thiophene rings is 1. The Morgan fingerprint density at radius 2 is 1.66 bits per heavy atom. The summed E-state index contributed by atoms with van der Waals surface area (Å²) >= 11 is 1.80. The zero-order valence-corrected chi connectivity index (χ0v) is 23.3. The van der Waals surface area contributed by atoms with Crippen molar-refractivity contribution >= 4 is 22.7 Å². The van der Waals surface area contributed by atoms with Gasteiger partial charge in [0.05, 0.1) is 5.71 Å². The fraction of sp³-hybridized carbons (Fsp3) is 0.367. The third-order valence-electron chi connectivity index (χ3n) is 7.65. The molecule has 0 amide bonds. The van der Waals surface area contributed by atoms with Gasteiger partial charge in [0.25, 0.3) is 0 Å². The molecular formula is C30H34N6OS. The molecule has 2 aliphatic rings. The molecule has 2 aromatic carbocycles. The number of hydrogen-bond acceptors (Lipinski definition) is 7. The number of benzene rings is 2. The Bertz CT molecular complexity index is 1450. The monoisotopic (exact) mass is 526 g/mol. The van der Waals surface area contributed by atoms with Gasteiger partial charge in [0, 0.05) is 54.4 Å². The van der Waals surface area contributed by atoms with Crippen molar-refractivity contribution < 1.29 is 4.74 Å². The standard InChI is InChI=1S/C30H34N6OS/c1-20-22(3)38-30-27(20)28(31-21(2)29-33-32-23(4)36(29)30)24-10-12-25(13-11-24)35-16-14-34(15-17-35)18-19-37-26-8-6-5-7-9-26/h5-13,21H,14-19H2,1-4H3/t21-/m0/s1. The minimum Gasteiger partial charge on any atom is -0.492 e. The van der Waals surface area contributed by atoms with E-state index in [9.17, 15) is 0 Å². The molecular weight excluding hydrogens is 492 g/mol. The maximum atomic E-state index is 5.89. The molecule has 0 unspecified atom stereocenters. The van der Waals surface area contributed by atoms with Crippen LogP contribution in [0.3, 0.4) is 0 Å². The normalized spacial score (nSPS) is 17.5. The Hall–Kier alpha value is -3.49. The predicted molar refractivity (Wildman–Crippen MR) is 155 cm³/mol. The summed E-state index contributed by atoms with van der Waals surface area (Å²) in [6.07, 6.45) is 0. The van der Waals surface area contributed by atoms with Crippen LogP contribution in [0.5, 0.6) is 5.75 Å². The molecule has 4 heterocycles. The third kappa shape index (κ3) is 4.63. The Morgan fingerprint density at radius 3 is 2.39 bits per heavy atom. The van der Waals surface area contributed by atoms with Crippen LogP contribution in [0, 0.1) is 20.8 Å². The summed E-state index contributed by atoms with van der Waals surface area (Å²) in [6.45, 7) is 14.3. The number of fused-ring (bicyclic) bond motifs is 3. The quantitative estimate of drug-likeness (QED) is 0.338. The van der Waals surface area contributed by atoms with Gasteiger partial charge in [-0.25, -0.2) is 0 Å². The zero-order chi connectivity index (χ0) is 26.2. The minimum absolute atomic E-state index is 0.0656. The molecule has 196 valence electrons. The molecule has 1 saturated heterocycles. The average Bonchev–Trinajstić information content (AvgIpc) is 3.43. The number of para-hydroxylation sites is 1. The number of aryl methyl sites for hydroxylation is 2. The largest absolute Gasteiger partial charge is 0.492 e. The average molecular weight is 527 g/mol. The molecule has 6 rings (SSSR count). The molecule has 1 atom stereocenters. The van der Waals surface area contributed by atoms with Gasteiger partial charge < -0.3 is 9.64 Å². The highest BCUT2D eigenvalue weighted by atomic mass is 32.1. The van der Waals surface area contributed by atoms with E-state index in [4.69, 9.17) is 9.73 Å². The van der Waals surface area contributed by atoms with E-state index in [1.54, 1.807) is 11.3 Å². The van der Waals surface area contributed by atoms with Crippen LogP contribution in [-0.4, -0.2) is 64.7 Å². The molecule has 0 saturated carbocycles. The van der Waals surface area contributed by atoms with Crippen LogP contribution in [0.2, 0.25) is 0 Å². The molecule has 0 N–H and O–H groups in total. The smallest absolute Gasteiger partial charge is 0.162 e. The summed E-state index contributed by atoms with van der Waals surface area (Å²) in [5, 5.41) is 10.0. The molecule has 2 aliphatic heterocycles. The van der Waals surface area contributed by atoms with Gasteiger partial charge in [-0.3, -0.25) is 14.5 Å². The van der Waals surface area contributed by atoms with Gasteiger partial charge in [-0.1, -0.05) is 30.3 Å². The highest BCUT2D eigenvalue weighted by Crippen LogP contribution is 2.38. The fourth-order valence-electron chi connectivity index (χ4n) is 5.35. The number of rotatable bonds is 6.